The van der Waals surface area contributed by atoms with Crippen molar-refractivity contribution in [3.05, 3.63) is 72.3 Å². The zero-order valence-corrected chi connectivity index (χ0v) is 20.7. The first kappa shape index (κ1) is 23.0. The number of hydrogen-bond donors (Lipinski definition) is 0. The van der Waals surface area contributed by atoms with Gasteiger partial charge in [0.05, 0.1) is 0 Å². The van der Waals surface area contributed by atoms with E-state index in [0.717, 1.165) is 11.2 Å². The number of para-hydroxylation sites is 1. The van der Waals surface area contributed by atoms with Crippen LogP contribution in [-0.4, -0.2) is 0 Å². The molecule has 0 bridgehead atoms. The maximum atomic E-state index is 6.26. The minimum Gasteiger partial charge on any atom is -0.455 e. The van der Waals surface area contributed by atoms with Crippen LogP contribution in [0.2, 0.25) is 0 Å². The van der Waals surface area contributed by atoms with Crippen LogP contribution in [0.1, 0.15) is 83.1 Å². The molecular weight excluding hydrogens is 412 g/mol. The van der Waals surface area contributed by atoms with Crippen molar-refractivity contribution in [1.29, 1.82) is 0 Å². The average Bonchev–Trinajstić information content (AvgIpc) is 3.26. The lowest BCUT2D eigenvalue weighted by Gasteiger charge is -2.08. The molecule has 0 saturated heterocycles. The van der Waals surface area contributed by atoms with Crippen LogP contribution < -0.4 is 0 Å². The maximum Gasteiger partial charge on any atom is 0.143 e. The molecule has 34 heavy (non-hydrogen) atoms. The van der Waals surface area contributed by atoms with Crippen molar-refractivity contribution in [2.75, 3.05) is 0 Å². The van der Waals surface area contributed by atoms with Crippen molar-refractivity contribution in [3.63, 3.8) is 0 Å². The molecule has 4 aromatic carbocycles. The molecule has 0 atom stereocenters. The first-order chi connectivity index (χ1) is 16.8. The van der Waals surface area contributed by atoms with E-state index < -0.39 is 0 Å². The summed E-state index contributed by atoms with van der Waals surface area (Å²) in [5.74, 6) is 0. The van der Waals surface area contributed by atoms with E-state index in [1.807, 2.05) is 6.07 Å². The van der Waals surface area contributed by atoms with Crippen molar-refractivity contribution in [1.82, 2.24) is 0 Å². The topological polar surface area (TPSA) is 13.1 Å². The van der Waals surface area contributed by atoms with Gasteiger partial charge in [-0.1, -0.05) is 120 Å². The molecule has 0 saturated carbocycles. The summed E-state index contributed by atoms with van der Waals surface area (Å²) in [6.07, 6.45) is 16.6. The second-order valence-electron chi connectivity index (χ2n) is 10.0. The van der Waals surface area contributed by atoms with Crippen LogP contribution in [0.5, 0.6) is 0 Å². The number of furan rings is 1. The molecular formula is C33H38O. The normalized spacial score (nSPS) is 11.9. The predicted molar refractivity (Wildman–Crippen MR) is 149 cm³/mol. The highest BCUT2D eigenvalue weighted by Crippen LogP contribution is 2.36. The fourth-order valence-electron chi connectivity index (χ4n) is 5.53. The smallest absolute Gasteiger partial charge is 0.143 e. The zero-order chi connectivity index (χ0) is 23.2. The summed E-state index contributed by atoms with van der Waals surface area (Å²) < 4.78 is 6.26. The Bertz CT molecular complexity index is 1370. The second-order valence-corrected chi connectivity index (χ2v) is 10.0. The van der Waals surface area contributed by atoms with E-state index in [1.165, 1.54) is 115 Å². The van der Waals surface area contributed by atoms with Crippen molar-refractivity contribution in [2.24, 2.45) is 0 Å². The quantitative estimate of drug-likeness (QED) is 0.136. The van der Waals surface area contributed by atoms with E-state index in [4.69, 9.17) is 4.42 Å². The summed E-state index contributed by atoms with van der Waals surface area (Å²) in [5.41, 5.74) is 3.44. The maximum absolute atomic E-state index is 6.26. The van der Waals surface area contributed by atoms with Crippen LogP contribution in [-0.2, 0) is 6.42 Å². The third kappa shape index (κ3) is 4.99. The summed E-state index contributed by atoms with van der Waals surface area (Å²) in [6, 6.07) is 24.4. The van der Waals surface area contributed by atoms with Gasteiger partial charge in [0.15, 0.2) is 0 Å². The lowest BCUT2D eigenvalue weighted by Crippen LogP contribution is -1.88. The first-order valence-corrected chi connectivity index (χ1v) is 13.6. The molecule has 0 aliphatic heterocycles. The van der Waals surface area contributed by atoms with Gasteiger partial charge in [-0.15, -0.1) is 0 Å². The lowest BCUT2D eigenvalue weighted by atomic mass is 9.97. The molecule has 0 aliphatic rings. The van der Waals surface area contributed by atoms with Gasteiger partial charge in [-0.05, 0) is 52.8 Å². The summed E-state index contributed by atoms with van der Waals surface area (Å²) in [4.78, 5) is 0. The van der Waals surface area contributed by atoms with Gasteiger partial charge in [-0.2, -0.15) is 0 Å². The van der Waals surface area contributed by atoms with Crippen molar-refractivity contribution >= 4 is 43.5 Å². The van der Waals surface area contributed by atoms with Gasteiger partial charge in [0.25, 0.3) is 0 Å². The summed E-state index contributed by atoms with van der Waals surface area (Å²) in [5, 5.41) is 7.55. The van der Waals surface area contributed by atoms with Gasteiger partial charge in [0, 0.05) is 16.2 Å². The fourth-order valence-corrected chi connectivity index (χ4v) is 5.53. The molecule has 176 valence electrons. The Kier molecular flexibility index (Phi) is 7.49. The van der Waals surface area contributed by atoms with E-state index in [1.54, 1.807) is 0 Å². The minimum absolute atomic E-state index is 0.965. The lowest BCUT2D eigenvalue weighted by molar-refractivity contribution is 0.549. The number of rotatable bonds is 12. The largest absolute Gasteiger partial charge is 0.455 e. The summed E-state index contributed by atoms with van der Waals surface area (Å²) in [7, 11) is 0. The molecule has 1 heterocycles. The van der Waals surface area contributed by atoms with Gasteiger partial charge in [-0.3, -0.25) is 0 Å². The summed E-state index contributed by atoms with van der Waals surface area (Å²) >= 11 is 0. The Morgan fingerprint density at radius 2 is 1.15 bits per heavy atom. The highest BCUT2D eigenvalue weighted by molar-refractivity contribution is 6.20. The molecule has 0 aliphatic carbocycles. The Morgan fingerprint density at radius 1 is 0.529 bits per heavy atom. The molecule has 0 radical (unpaired) electrons. The van der Waals surface area contributed by atoms with E-state index in [-0.39, 0.29) is 0 Å². The highest BCUT2D eigenvalue weighted by atomic mass is 16.3. The van der Waals surface area contributed by atoms with Crippen LogP contribution >= 0.6 is 0 Å². The third-order valence-corrected chi connectivity index (χ3v) is 7.49. The third-order valence-electron chi connectivity index (χ3n) is 7.49. The molecule has 0 spiro atoms. The molecule has 1 heteroatoms. The Morgan fingerprint density at radius 3 is 1.94 bits per heavy atom. The van der Waals surface area contributed by atoms with Crippen LogP contribution in [0.25, 0.3) is 43.5 Å². The van der Waals surface area contributed by atoms with Gasteiger partial charge < -0.3 is 4.42 Å². The van der Waals surface area contributed by atoms with E-state index in [9.17, 15) is 0 Å². The van der Waals surface area contributed by atoms with E-state index in [0.29, 0.717) is 0 Å². The molecule has 0 N–H and O–H groups in total. The van der Waals surface area contributed by atoms with E-state index in [2.05, 4.69) is 67.6 Å². The number of aryl methyl sites for hydroxylation is 1. The monoisotopic (exact) mass is 450 g/mol. The van der Waals surface area contributed by atoms with E-state index >= 15 is 0 Å². The molecule has 5 aromatic rings. The second kappa shape index (κ2) is 11.1. The molecule has 1 aromatic heterocycles. The van der Waals surface area contributed by atoms with Gasteiger partial charge in [0.1, 0.15) is 11.2 Å². The van der Waals surface area contributed by atoms with Gasteiger partial charge in [0.2, 0.25) is 0 Å². The molecule has 5 rings (SSSR count). The van der Waals surface area contributed by atoms with Crippen LogP contribution in [0.4, 0.5) is 0 Å². The molecule has 0 amide bonds. The zero-order valence-electron chi connectivity index (χ0n) is 20.7. The Hall–Kier alpha value is -2.80. The Balaban J connectivity index is 1.19. The minimum atomic E-state index is 0.965. The molecule has 1 nitrogen and oxygen atoms in total. The van der Waals surface area contributed by atoms with Crippen LogP contribution in [0.15, 0.2) is 71.1 Å². The fraction of sp³-hybridized carbons (Fsp3) is 0.394. The predicted octanol–water partition coefficient (Wildman–Crippen LogP) is 10.7. The van der Waals surface area contributed by atoms with Crippen molar-refractivity contribution in [2.45, 2.75) is 84.0 Å². The van der Waals surface area contributed by atoms with Crippen molar-refractivity contribution < 1.29 is 4.42 Å². The van der Waals surface area contributed by atoms with Crippen molar-refractivity contribution in [3.8, 4) is 0 Å². The number of unbranched alkanes of at least 4 members (excludes halogenated alkanes) is 10. The standard InChI is InChI=1S/C33H38O/c1-2-3-4-5-6-7-8-9-10-11-12-15-25-18-20-27-26(24-25)19-21-30-28(27)22-23-31-29-16-13-14-17-32(29)34-33(30)31/h13-14,16-24H,2-12,15H2,1H3. The number of fused-ring (bicyclic) bond motifs is 7. The molecule has 0 unspecified atom stereocenters. The molecule has 0 fully saturated rings. The van der Waals surface area contributed by atoms with Crippen LogP contribution in [0.3, 0.4) is 0 Å². The Labute approximate surface area is 204 Å². The highest BCUT2D eigenvalue weighted by Gasteiger charge is 2.11. The first-order valence-electron chi connectivity index (χ1n) is 13.6. The number of hydrogen-bond acceptors (Lipinski definition) is 1. The summed E-state index contributed by atoms with van der Waals surface area (Å²) in [6.45, 7) is 2.29. The SMILES string of the molecule is CCCCCCCCCCCCCc1ccc2c(ccc3c2ccc2c4ccccc4oc23)c1. The van der Waals surface area contributed by atoms with Crippen LogP contribution in [0, 0.1) is 0 Å². The van der Waals surface area contributed by atoms with Gasteiger partial charge >= 0.3 is 0 Å². The van der Waals surface area contributed by atoms with Gasteiger partial charge in [-0.25, -0.2) is 0 Å². The number of benzene rings is 4. The average molecular weight is 451 g/mol.